The van der Waals surface area contributed by atoms with Gasteiger partial charge in [0.2, 0.25) is 5.95 Å². The zero-order valence-electron chi connectivity index (χ0n) is 18.1. The summed E-state index contributed by atoms with van der Waals surface area (Å²) in [6.07, 6.45) is -0.647. The Morgan fingerprint density at radius 1 is 1.12 bits per heavy atom. The van der Waals surface area contributed by atoms with E-state index in [1.165, 1.54) is 12.0 Å². The molecule has 33 heavy (non-hydrogen) atoms. The van der Waals surface area contributed by atoms with E-state index in [4.69, 9.17) is 0 Å². The molecule has 8 nitrogen and oxygen atoms in total. The molecule has 0 aliphatic carbocycles. The Kier molecular flexibility index (Phi) is 4.87. The minimum absolute atomic E-state index is 0.221. The normalized spacial score (nSPS) is 18.3. The van der Waals surface area contributed by atoms with Crippen LogP contribution in [0.1, 0.15) is 40.0 Å². The standard InChI is InChI=1S/C25H22N4O4/c1-15(16-8-4-3-5-9-16)29-22(30)18-10-6-7-11-19(18)25(29,32)17-12-13-20-21(14-17)27-23(26-20)28-24(31)33-2/h3-15,32H,1-2H3,(H2,26,27,28,31)/t15-,25?/m1/s1. The molecule has 5 rings (SSSR count). The first-order chi connectivity index (χ1) is 15.9. The fourth-order valence-electron chi connectivity index (χ4n) is 4.44. The number of ether oxygens (including phenoxy) is 1. The molecule has 1 unspecified atom stereocenters. The maximum atomic E-state index is 13.5. The molecule has 2 atom stereocenters. The van der Waals surface area contributed by atoms with Crippen molar-refractivity contribution in [2.75, 3.05) is 12.4 Å². The summed E-state index contributed by atoms with van der Waals surface area (Å²) in [6.45, 7) is 1.90. The van der Waals surface area contributed by atoms with Crippen molar-refractivity contribution in [2.45, 2.75) is 18.7 Å². The molecule has 0 bridgehead atoms. The lowest BCUT2D eigenvalue weighted by atomic mass is 9.92. The average molecular weight is 442 g/mol. The molecule has 1 aliphatic heterocycles. The summed E-state index contributed by atoms with van der Waals surface area (Å²) in [6, 6.07) is 21.5. The number of carbonyl (C=O) groups is 2. The van der Waals surface area contributed by atoms with Gasteiger partial charge in [0, 0.05) is 16.7 Å². The summed E-state index contributed by atoms with van der Waals surface area (Å²) >= 11 is 0. The van der Waals surface area contributed by atoms with Crippen LogP contribution in [-0.4, -0.2) is 39.1 Å². The molecule has 0 saturated carbocycles. The van der Waals surface area contributed by atoms with Gasteiger partial charge in [-0.3, -0.25) is 15.0 Å². The number of carbonyl (C=O) groups excluding carboxylic acids is 2. The van der Waals surface area contributed by atoms with Gasteiger partial charge < -0.3 is 14.8 Å². The third kappa shape index (κ3) is 3.23. The molecule has 0 spiro atoms. The van der Waals surface area contributed by atoms with Crippen LogP contribution in [0.4, 0.5) is 10.7 Å². The number of amides is 2. The smallest absolute Gasteiger partial charge is 0.413 e. The number of rotatable bonds is 4. The molecule has 1 aromatic heterocycles. The van der Waals surface area contributed by atoms with Gasteiger partial charge in [0.25, 0.3) is 5.91 Å². The molecule has 0 saturated heterocycles. The van der Waals surface area contributed by atoms with Crippen molar-refractivity contribution in [3.05, 3.63) is 95.1 Å². The maximum absolute atomic E-state index is 13.5. The number of imidazole rings is 1. The van der Waals surface area contributed by atoms with Gasteiger partial charge in [-0.2, -0.15) is 0 Å². The lowest BCUT2D eigenvalue weighted by molar-refractivity contribution is -0.0676. The summed E-state index contributed by atoms with van der Waals surface area (Å²) in [5.41, 5.74) is 1.85. The monoisotopic (exact) mass is 442 g/mol. The molecule has 0 radical (unpaired) electrons. The number of benzene rings is 3. The van der Waals surface area contributed by atoms with Gasteiger partial charge in [-0.25, -0.2) is 9.78 Å². The van der Waals surface area contributed by atoms with Crippen LogP contribution in [0.15, 0.2) is 72.8 Å². The van der Waals surface area contributed by atoms with Crippen molar-refractivity contribution in [3.63, 3.8) is 0 Å². The first-order valence-electron chi connectivity index (χ1n) is 10.5. The summed E-state index contributed by atoms with van der Waals surface area (Å²) < 4.78 is 4.61. The fourth-order valence-corrected chi connectivity index (χ4v) is 4.44. The van der Waals surface area contributed by atoms with E-state index in [1.807, 2.05) is 37.3 Å². The van der Waals surface area contributed by atoms with Gasteiger partial charge in [-0.15, -0.1) is 0 Å². The molecule has 2 amide bonds. The number of aromatic nitrogens is 2. The highest BCUT2D eigenvalue weighted by molar-refractivity contribution is 6.01. The second-order valence-electron chi connectivity index (χ2n) is 7.91. The lowest BCUT2D eigenvalue weighted by Crippen LogP contribution is -2.46. The van der Waals surface area contributed by atoms with Crippen LogP contribution in [0, 0.1) is 0 Å². The highest BCUT2D eigenvalue weighted by Crippen LogP contribution is 2.47. The zero-order chi connectivity index (χ0) is 23.2. The van der Waals surface area contributed by atoms with E-state index in [-0.39, 0.29) is 11.9 Å². The van der Waals surface area contributed by atoms with Gasteiger partial charge >= 0.3 is 6.09 Å². The number of hydrogen-bond acceptors (Lipinski definition) is 5. The van der Waals surface area contributed by atoms with Crippen LogP contribution >= 0.6 is 0 Å². The predicted octanol–water partition coefficient (Wildman–Crippen LogP) is 4.15. The van der Waals surface area contributed by atoms with Gasteiger partial charge in [-0.05, 0) is 30.7 Å². The third-order valence-electron chi connectivity index (χ3n) is 6.06. The maximum Gasteiger partial charge on any atom is 0.413 e. The summed E-state index contributed by atoms with van der Waals surface area (Å²) in [4.78, 5) is 33.9. The van der Waals surface area contributed by atoms with Crippen molar-refractivity contribution >= 4 is 29.0 Å². The minimum Gasteiger partial charge on any atom is -0.453 e. The number of anilines is 1. The number of aliphatic hydroxyl groups is 1. The minimum atomic E-state index is -1.70. The van der Waals surface area contributed by atoms with E-state index < -0.39 is 17.9 Å². The van der Waals surface area contributed by atoms with E-state index in [2.05, 4.69) is 20.0 Å². The van der Waals surface area contributed by atoms with Gasteiger partial charge in [0.05, 0.1) is 24.2 Å². The average Bonchev–Trinajstić information content (AvgIpc) is 3.35. The fraction of sp³-hybridized carbons (Fsp3) is 0.160. The highest BCUT2D eigenvalue weighted by Gasteiger charge is 2.51. The number of nitrogens with zero attached hydrogens (tertiary/aromatic N) is 2. The number of methoxy groups -OCH3 is 1. The van der Waals surface area contributed by atoms with Crippen molar-refractivity contribution in [2.24, 2.45) is 0 Å². The quantitative estimate of drug-likeness (QED) is 0.440. The van der Waals surface area contributed by atoms with Crippen LogP contribution in [-0.2, 0) is 10.5 Å². The van der Waals surface area contributed by atoms with E-state index in [9.17, 15) is 14.7 Å². The van der Waals surface area contributed by atoms with Crippen molar-refractivity contribution in [3.8, 4) is 0 Å². The van der Waals surface area contributed by atoms with Crippen LogP contribution in [0.5, 0.6) is 0 Å². The van der Waals surface area contributed by atoms with E-state index in [1.54, 1.807) is 42.5 Å². The number of aromatic amines is 1. The highest BCUT2D eigenvalue weighted by atomic mass is 16.5. The van der Waals surface area contributed by atoms with Crippen LogP contribution in [0.25, 0.3) is 11.0 Å². The van der Waals surface area contributed by atoms with Crippen molar-refractivity contribution < 1.29 is 19.4 Å². The molecule has 4 aromatic rings. The Hall–Kier alpha value is -4.17. The number of hydrogen-bond donors (Lipinski definition) is 3. The second kappa shape index (κ2) is 7.75. The Balaban J connectivity index is 1.65. The summed E-state index contributed by atoms with van der Waals surface area (Å²) in [7, 11) is 1.27. The first kappa shape index (κ1) is 20.7. The molecule has 0 fully saturated rings. The summed E-state index contributed by atoms with van der Waals surface area (Å²) in [5, 5.41) is 14.7. The van der Waals surface area contributed by atoms with E-state index >= 15 is 0 Å². The zero-order valence-corrected chi connectivity index (χ0v) is 18.1. The SMILES string of the molecule is COC(=O)Nc1nc2cc(C3(O)c4ccccc4C(=O)N3[C@H](C)c3ccccc3)ccc2[nH]1. The number of nitrogens with one attached hydrogen (secondary N) is 2. The third-order valence-corrected chi connectivity index (χ3v) is 6.06. The Bertz CT molecular complexity index is 1370. The predicted molar refractivity (Wildman–Crippen MR) is 123 cm³/mol. The molecule has 3 aromatic carbocycles. The largest absolute Gasteiger partial charge is 0.453 e. The van der Waals surface area contributed by atoms with Gasteiger partial charge in [0.1, 0.15) is 0 Å². The number of fused-ring (bicyclic) bond motifs is 2. The second-order valence-corrected chi connectivity index (χ2v) is 7.91. The molecule has 2 heterocycles. The van der Waals surface area contributed by atoms with Crippen LogP contribution < -0.4 is 5.32 Å². The van der Waals surface area contributed by atoms with E-state index in [0.717, 1.165) is 5.56 Å². The summed E-state index contributed by atoms with van der Waals surface area (Å²) in [5.74, 6) is -0.0296. The molecule has 8 heteroatoms. The Morgan fingerprint density at radius 2 is 1.85 bits per heavy atom. The van der Waals surface area contributed by atoms with Gasteiger partial charge in [0.15, 0.2) is 5.72 Å². The topological polar surface area (TPSA) is 108 Å². The Labute approximate surface area is 189 Å². The Morgan fingerprint density at radius 3 is 2.61 bits per heavy atom. The molecule has 166 valence electrons. The van der Waals surface area contributed by atoms with Crippen LogP contribution in [0.2, 0.25) is 0 Å². The van der Waals surface area contributed by atoms with E-state index in [0.29, 0.717) is 27.7 Å². The van der Waals surface area contributed by atoms with Crippen LogP contribution in [0.3, 0.4) is 0 Å². The number of H-pyrrole nitrogens is 1. The molecule has 1 aliphatic rings. The molecular weight excluding hydrogens is 420 g/mol. The lowest BCUT2D eigenvalue weighted by Gasteiger charge is -2.39. The first-order valence-corrected chi connectivity index (χ1v) is 10.5. The van der Waals surface area contributed by atoms with Crippen molar-refractivity contribution in [1.82, 2.24) is 14.9 Å². The van der Waals surface area contributed by atoms with Crippen molar-refractivity contribution in [1.29, 1.82) is 0 Å². The molecular formula is C25H22N4O4. The molecule has 3 N–H and O–H groups in total. The van der Waals surface area contributed by atoms with Gasteiger partial charge in [-0.1, -0.05) is 54.6 Å².